The van der Waals surface area contributed by atoms with E-state index in [1.807, 2.05) is 29.1 Å². The number of thiophene rings is 1. The van der Waals surface area contributed by atoms with Crippen LogP contribution in [0, 0.1) is 0 Å². The Balaban J connectivity index is 1.64. The zero-order chi connectivity index (χ0) is 21.8. The third kappa shape index (κ3) is 3.28. The first-order chi connectivity index (χ1) is 15.6. The molecule has 0 spiro atoms. The van der Waals surface area contributed by atoms with E-state index in [2.05, 4.69) is 63.0 Å². The summed E-state index contributed by atoms with van der Waals surface area (Å²) < 4.78 is 9.60. The van der Waals surface area contributed by atoms with Crippen LogP contribution in [0.5, 0.6) is 5.75 Å². The number of rotatable bonds is 3. The van der Waals surface area contributed by atoms with Crippen molar-refractivity contribution >= 4 is 62.3 Å². The van der Waals surface area contributed by atoms with Gasteiger partial charge in [-0.05, 0) is 53.6 Å². The van der Waals surface area contributed by atoms with Crippen LogP contribution in [0.3, 0.4) is 0 Å². The normalized spacial score (nSPS) is 19.0. The Hall–Kier alpha value is -2.26. The number of aromatic nitrogens is 3. The van der Waals surface area contributed by atoms with E-state index in [0.29, 0.717) is 11.0 Å². The molecular formula is C23H16BrClN4OS2. The smallest absolute Gasteiger partial charge is 0.227 e. The molecule has 2 aliphatic heterocycles. The fourth-order valence-corrected chi connectivity index (χ4v) is 5.77. The number of benzene rings is 2. The van der Waals surface area contributed by atoms with Gasteiger partial charge in [0.1, 0.15) is 11.8 Å². The van der Waals surface area contributed by atoms with Gasteiger partial charge in [0.15, 0.2) is 6.10 Å². The maximum absolute atomic E-state index is 6.60. The Morgan fingerprint density at radius 1 is 1.19 bits per heavy atom. The van der Waals surface area contributed by atoms with Gasteiger partial charge in [-0.15, -0.1) is 16.4 Å². The molecule has 0 saturated carbocycles. The van der Waals surface area contributed by atoms with E-state index >= 15 is 0 Å². The first kappa shape index (κ1) is 20.4. The third-order valence-electron chi connectivity index (χ3n) is 5.58. The van der Waals surface area contributed by atoms with Gasteiger partial charge < -0.3 is 10.1 Å². The van der Waals surface area contributed by atoms with Gasteiger partial charge in [0.05, 0.1) is 5.70 Å². The van der Waals surface area contributed by atoms with Gasteiger partial charge in [0.25, 0.3) is 0 Å². The number of nitrogens with one attached hydrogen (secondary N) is 1. The van der Waals surface area contributed by atoms with Gasteiger partial charge in [-0.25, -0.2) is 4.68 Å². The highest BCUT2D eigenvalue weighted by Gasteiger charge is 2.41. The molecule has 0 fully saturated rings. The van der Waals surface area contributed by atoms with Crippen molar-refractivity contribution in [2.75, 3.05) is 11.6 Å². The molecule has 9 heteroatoms. The van der Waals surface area contributed by atoms with E-state index in [4.69, 9.17) is 26.4 Å². The van der Waals surface area contributed by atoms with Crippen molar-refractivity contribution < 1.29 is 4.74 Å². The van der Waals surface area contributed by atoms with Gasteiger partial charge >= 0.3 is 0 Å². The lowest BCUT2D eigenvalue weighted by molar-refractivity contribution is 0.226. The van der Waals surface area contributed by atoms with E-state index in [1.165, 1.54) is 11.8 Å². The van der Waals surface area contributed by atoms with Crippen LogP contribution >= 0.6 is 50.6 Å². The Morgan fingerprint density at radius 3 is 2.78 bits per heavy atom. The number of hydrogen-bond acceptors (Lipinski definition) is 6. The summed E-state index contributed by atoms with van der Waals surface area (Å²) in [5.41, 5.74) is 4.11. The van der Waals surface area contributed by atoms with E-state index in [1.54, 1.807) is 11.3 Å². The topological polar surface area (TPSA) is 52.0 Å². The van der Waals surface area contributed by atoms with E-state index in [0.717, 1.165) is 42.7 Å². The van der Waals surface area contributed by atoms with Crippen LogP contribution in [0.2, 0.25) is 5.02 Å². The summed E-state index contributed by atoms with van der Waals surface area (Å²) in [5.74, 6) is 1.51. The maximum atomic E-state index is 6.60. The molecule has 4 aromatic rings. The summed E-state index contributed by atoms with van der Waals surface area (Å²) in [6.07, 6.45) is 1.73. The van der Waals surface area contributed by atoms with E-state index in [9.17, 15) is 0 Å². The minimum Gasteiger partial charge on any atom is -0.480 e. The number of nitrogens with zero attached hydrogens (tertiary/aromatic N) is 3. The largest absolute Gasteiger partial charge is 0.480 e. The molecule has 2 atom stereocenters. The highest BCUT2D eigenvalue weighted by molar-refractivity contribution is 9.10. The van der Waals surface area contributed by atoms with Gasteiger partial charge in [-0.3, -0.25) is 0 Å². The van der Waals surface area contributed by atoms with Gasteiger partial charge in [0, 0.05) is 25.5 Å². The van der Waals surface area contributed by atoms with Gasteiger partial charge in [-0.2, -0.15) is 4.98 Å². The zero-order valence-electron chi connectivity index (χ0n) is 16.8. The average Bonchev–Trinajstić information content (AvgIpc) is 3.48. The van der Waals surface area contributed by atoms with Crippen molar-refractivity contribution in [1.82, 2.24) is 14.8 Å². The SMILES string of the molecule is CSc1nc2n(n1)C(c1ccc(Br)cc1)C1=C(N2)c2cc(Cl)ccc2OC1c1cccs1. The van der Waals surface area contributed by atoms with Crippen LogP contribution in [0.25, 0.3) is 5.70 Å². The molecule has 0 radical (unpaired) electrons. The quantitative estimate of drug-likeness (QED) is 0.281. The molecule has 2 aliphatic rings. The number of ether oxygens (including phenoxy) is 1. The van der Waals surface area contributed by atoms with Crippen molar-refractivity contribution in [2.24, 2.45) is 0 Å². The van der Waals surface area contributed by atoms with Gasteiger partial charge in [0.2, 0.25) is 11.1 Å². The standard InChI is InChI=1S/C23H16BrClN4OS2/c1-31-23-27-22-26-19-15-11-14(25)8-9-16(15)30-21(17-3-2-10-32-17)18(19)20(29(22)28-23)12-4-6-13(24)7-5-12/h2-11,20-21H,1H3,(H,26,27,28). The molecule has 6 rings (SSSR count). The van der Waals surface area contributed by atoms with E-state index < -0.39 is 0 Å². The second kappa shape index (κ2) is 7.95. The molecule has 4 heterocycles. The highest BCUT2D eigenvalue weighted by Crippen LogP contribution is 2.52. The highest BCUT2D eigenvalue weighted by atomic mass is 79.9. The van der Waals surface area contributed by atoms with Crippen LogP contribution in [-0.2, 0) is 0 Å². The molecule has 0 saturated heterocycles. The number of hydrogen-bond donors (Lipinski definition) is 1. The summed E-state index contributed by atoms with van der Waals surface area (Å²) >= 11 is 13.2. The van der Waals surface area contributed by atoms with Crippen molar-refractivity contribution in [1.29, 1.82) is 0 Å². The van der Waals surface area contributed by atoms with Gasteiger partial charge in [-0.1, -0.05) is 57.5 Å². The third-order valence-corrected chi connectivity index (χ3v) is 7.80. The second-order valence-corrected chi connectivity index (χ2v) is 10.5. The molecule has 0 amide bonds. The van der Waals surface area contributed by atoms with Crippen LogP contribution in [-0.4, -0.2) is 21.0 Å². The molecule has 0 bridgehead atoms. The molecule has 32 heavy (non-hydrogen) atoms. The van der Waals surface area contributed by atoms with Crippen LogP contribution < -0.4 is 10.1 Å². The lowest BCUT2D eigenvalue weighted by atomic mass is 9.86. The summed E-state index contributed by atoms with van der Waals surface area (Å²) in [4.78, 5) is 5.86. The van der Waals surface area contributed by atoms with Crippen molar-refractivity contribution in [3.63, 3.8) is 0 Å². The summed E-state index contributed by atoms with van der Waals surface area (Å²) in [5, 5.41) is 11.8. The maximum Gasteiger partial charge on any atom is 0.227 e. The van der Waals surface area contributed by atoms with E-state index in [-0.39, 0.29) is 12.1 Å². The molecule has 2 aromatic heterocycles. The van der Waals surface area contributed by atoms with Crippen molar-refractivity contribution in [3.8, 4) is 5.75 Å². The lowest BCUT2D eigenvalue weighted by Crippen LogP contribution is -2.32. The number of anilines is 1. The monoisotopic (exact) mass is 542 g/mol. The van der Waals surface area contributed by atoms with Crippen molar-refractivity contribution in [2.45, 2.75) is 17.3 Å². The molecular weight excluding hydrogens is 528 g/mol. The number of halogens is 2. The first-order valence-electron chi connectivity index (χ1n) is 9.89. The Kier molecular flexibility index (Phi) is 5.06. The molecule has 2 unspecified atom stereocenters. The number of thioether (sulfide) groups is 1. The van der Waals surface area contributed by atoms with Crippen LogP contribution in [0.1, 0.15) is 28.1 Å². The average molecular weight is 544 g/mol. The zero-order valence-corrected chi connectivity index (χ0v) is 20.7. The van der Waals surface area contributed by atoms with Crippen LogP contribution in [0.4, 0.5) is 5.95 Å². The second-order valence-electron chi connectivity index (χ2n) is 7.43. The van der Waals surface area contributed by atoms with Crippen molar-refractivity contribution in [3.05, 3.63) is 91.0 Å². The minimum absolute atomic E-state index is 0.179. The Bertz CT molecular complexity index is 1350. The molecule has 1 N–H and O–H groups in total. The molecule has 0 aliphatic carbocycles. The predicted molar refractivity (Wildman–Crippen MR) is 134 cm³/mol. The lowest BCUT2D eigenvalue weighted by Gasteiger charge is -2.38. The van der Waals surface area contributed by atoms with Crippen LogP contribution in [0.15, 0.2) is 75.2 Å². The fraction of sp³-hybridized carbons (Fsp3) is 0.130. The molecule has 160 valence electrons. The minimum atomic E-state index is -0.255. The first-order valence-corrected chi connectivity index (χ1v) is 13.2. The summed E-state index contributed by atoms with van der Waals surface area (Å²) in [7, 11) is 0. The predicted octanol–water partition coefficient (Wildman–Crippen LogP) is 7.04. The fourth-order valence-electron chi connectivity index (χ4n) is 4.21. The Morgan fingerprint density at radius 2 is 2.03 bits per heavy atom. The summed E-state index contributed by atoms with van der Waals surface area (Å²) in [6, 6.07) is 18.1. The summed E-state index contributed by atoms with van der Waals surface area (Å²) in [6.45, 7) is 0. The Labute approximate surface area is 206 Å². The molecule has 2 aromatic carbocycles. The molecule has 5 nitrogen and oxygen atoms in total. The number of fused-ring (bicyclic) bond motifs is 3.